The first-order chi connectivity index (χ1) is 10.6. The smallest absolute Gasteiger partial charge is 0.146 e. The van der Waals surface area contributed by atoms with Crippen molar-refractivity contribution in [3.63, 3.8) is 0 Å². The minimum absolute atomic E-state index is 0.124. The summed E-state index contributed by atoms with van der Waals surface area (Å²) in [6.45, 7) is 7.91. The van der Waals surface area contributed by atoms with Crippen LogP contribution < -0.4 is 10.2 Å². The molecule has 2 atom stereocenters. The Balaban J connectivity index is 1.97. The lowest BCUT2D eigenvalue weighted by Crippen LogP contribution is -2.45. The van der Waals surface area contributed by atoms with E-state index in [-0.39, 0.29) is 18.0 Å². The van der Waals surface area contributed by atoms with Crippen LogP contribution in [0, 0.1) is 5.82 Å². The lowest BCUT2D eigenvalue weighted by atomic mass is 10.1. The Kier molecular flexibility index (Phi) is 6.61. The number of morpholine rings is 1. The number of methoxy groups -OCH3 is 1. The number of rotatable bonds is 7. The Labute approximate surface area is 132 Å². The fourth-order valence-electron chi connectivity index (χ4n) is 2.86. The zero-order valence-electron chi connectivity index (χ0n) is 13.8. The second-order valence-electron chi connectivity index (χ2n) is 5.97. The molecule has 2 rings (SSSR count). The summed E-state index contributed by atoms with van der Waals surface area (Å²) < 4.78 is 24.9. The predicted molar refractivity (Wildman–Crippen MR) is 86.8 cm³/mol. The molecule has 0 aliphatic carbocycles. The van der Waals surface area contributed by atoms with Gasteiger partial charge in [0.05, 0.1) is 17.9 Å². The maximum absolute atomic E-state index is 14.2. The Morgan fingerprint density at radius 1 is 1.32 bits per heavy atom. The summed E-state index contributed by atoms with van der Waals surface area (Å²) >= 11 is 0. The first-order valence-electron chi connectivity index (χ1n) is 7.98. The van der Waals surface area contributed by atoms with Gasteiger partial charge in [0.2, 0.25) is 0 Å². The van der Waals surface area contributed by atoms with Crippen LogP contribution in [-0.4, -0.2) is 45.6 Å². The van der Waals surface area contributed by atoms with Gasteiger partial charge in [-0.25, -0.2) is 4.39 Å². The molecule has 0 radical (unpaired) electrons. The van der Waals surface area contributed by atoms with Gasteiger partial charge < -0.3 is 19.7 Å². The quantitative estimate of drug-likeness (QED) is 0.785. The Hall–Kier alpha value is -1.17. The predicted octanol–water partition coefficient (Wildman–Crippen LogP) is 2.57. The van der Waals surface area contributed by atoms with E-state index in [0.29, 0.717) is 5.69 Å². The molecule has 0 bridgehead atoms. The van der Waals surface area contributed by atoms with Gasteiger partial charge in [0.25, 0.3) is 0 Å². The van der Waals surface area contributed by atoms with Crippen LogP contribution in [0.4, 0.5) is 10.1 Å². The first-order valence-corrected chi connectivity index (χ1v) is 7.98. The Bertz CT molecular complexity index is 460. The van der Waals surface area contributed by atoms with Crippen LogP contribution >= 0.6 is 0 Å². The largest absolute Gasteiger partial charge is 0.385 e. The molecule has 0 spiro atoms. The fraction of sp³-hybridized carbons (Fsp3) is 0.647. The summed E-state index contributed by atoms with van der Waals surface area (Å²) in [5.74, 6) is -0.163. The topological polar surface area (TPSA) is 33.7 Å². The molecule has 0 aromatic heterocycles. The number of anilines is 1. The zero-order valence-corrected chi connectivity index (χ0v) is 13.8. The molecule has 22 heavy (non-hydrogen) atoms. The average Bonchev–Trinajstić information content (AvgIpc) is 2.47. The summed E-state index contributed by atoms with van der Waals surface area (Å²) in [4.78, 5) is 2.09. The van der Waals surface area contributed by atoms with Gasteiger partial charge in [0.1, 0.15) is 5.82 Å². The van der Waals surface area contributed by atoms with E-state index in [1.807, 2.05) is 26.0 Å². The molecule has 1 saturated heterocycles. The van der Waals surface area contributed by atoms with E-state index >= 15 is 0 Å². The van der Waals surface area contributed by atoms with Crippen molar-refractivity contribution in [3.05, 3.63) is 29.6 Å². The monoisotopic (exact) mass is 310 g/mol. The van der Waals surface area contributed by atoms with Crippen LogP contribution in [0.5, 0.6) is 0 Å². The lowest BCUT2D eigenvalue weighted by Gasteiger charge is -2.37. The van der Waals surface area contributed by atoms with Gasteiger partial charge in [0.15, 0.2) is 0 Å². The van der Waals surface area contributed by atoms with Crippen LogP contribution in [0.25, 0.3) is 0 Å². The van der Waals surface area contributed by atoms with Crippen molar-refractivity contribution in [2.24, 2.45) is 0 Å². The number of ether oxygens (including phenoxy) is 2. The number of nitrogens with zero attached hydrogens (tertiary/aromatic N) is 1. The third-order valence-electron chi connectivity index (χ3n) is 3.80. The van der Waals surface area contributed by atoms with Crippen LogP contribution in [-0.2, 0) is 16.0 Å². The van der Waals surface area contributed by atoms with Gasteiger partial charge in [-0.3, -0.25) is 0 Å². The first kappa shape index (κ1) is 17.2. The second kappa shape index (κ2) is 8.46. The maximum Gasteiger partial charge on any atom is 0.146 e. The molecule has 1 fully saturated rings. The van der Waals surface area contributed by atoms with E-state index < -0.39 is 0 Å². The van der Waals surface area contributed by atoms with E-state index in [2.05, 4.69) is 10.2 Å². The molecule has 1 aromatic rings. The molecule has 1 aliphatic rings. The van der Waals surface area contributed by atoms with E-state index in [1.165, 1.54) is 0 Å². The molecule has 0 amide bonds. The molecular formula is C17H27FN2O2. The van der Waals surface area contributed by atoms with Crippen LogP contribution in [0.2, 0.25) is 0 Å². The highest BCUT2D eigenvalue weighted by molar-refractivity contribution is 5.50. The molecule has 1 N–H and O–H groups in total. The van der Waals surface area contributed by atoms with Crippen molar-refractivity contribution >= 4 is 5.69 Å². The molecule has 124 valence electrons. The maximum atomic E-state index is 14.2. The standard InChI is InChI=1S/C17H27FN2O2/c1-13-11-20(12-14(2)22-13)17-9-15(5-6-16(17)18)10-19-7-4-8-21-3/h5-6,9,13-14,19H,4,7-8,10-12H2,1-3H3. The number of benzene rings is 1. The number of nitrogens with one attached hydrogen (secondary N) is 1. The van der Waals surface area contributed by atoms with Crippen LogP contribution in [0.1, 0.15) is 25.8 Å². The van der Waals surface area contributed by atoms with Crippen LogP contribution in [0.15, 0.2) is 18.2 Å². The summed E-state index contributed by atoms with van der Waals surface area (Å²) in [5, 5.41) is 3.36. The van der Waals surface area contributed by atoms with Gasteiger partial charge in [-0.05, 0) is 44.5 Å². The summed E-state index contributed by atoms with van der Waals surface area (Å²) in [5.41, 5.74) is 1.78. The van der Waals surface area contributed by atoms with E-state index in [0.717, 1.165) is 44.8 Å². The highest BCUT2D eigenvalue weighted by Gasteiger charge is 2.24. The van der Waals surface area contributed by atoms with Crippen LogP contribution in [0.3, 0.4) is 0 Å². The molecule has 1 aromatic carbocycles. The van der Waals surface area contributed by atoms with Gasteiger partial charge in [-0.1, -0.05) is 6.07 Å². The van der Waals surface area contributed by atoms with E-state index in [1.54, 1.807) is 13.2 Å². The summed E-state index contributed by atoms with van der Waals surface area (Å²) in [7, 11) is 1.70. The van der Waals surface area contributed by atoms with Crippen molar-refractivity contribution in [1.82, 2.24) is 5.32 Å². The molecular weight excluding hydrogens is 283 g/mol. The zero-order chi connectivity index (χ0) is 15.9. The molecule has 0 saturated carbocycles. The van der Waals surface area contributed by atoms with E-state index in [4.69, 9.17) is 9.47 Å². The van der Waals surface area contributed by atoms with Crippen molar-refractivity contribution in [3.8, 4) is 0 Å². The SMILES string of the molecule is COCCCNCc1ccc(F)c(N2CC(C)OC(C)C2)c1. The van der Waals surface area contributed by atoms with Gasteiger partial charge in [-0.15, -0.1) is 0 Å². The second-order valence-corrected chi connectivity index (χ2v) is 5.97. The van der Waals surface area contributed by atoms with Gasteiger partial charge >= 0.3 is 0 Å². The molecule has 2 unspecified atom stereocenters. The summed E-state index contributed by atoms with van der Waals surface area (Å²) in [6, 6.07) is 5.35. The Morgan fingerprint density at radius 3 is 2.73 bits per heavy atom. The number of hydrogen-bond acceptors (Lipinski definition) is 4. The third kappa shape index (κ3) is 4.93. The van der Waals surface area contributed by atoms with Gasteiger partial charge in [0, 0.05) is 33.4 Å². The minimum Gasteiger partial charge on any atom is -0.385 e. The molecule has 1 aliphatic heterocycles. The average molecular weight is 310 g/mol. The van der Waals surface area contributed by atoms with Crippen molar-refractivity contribution in [2.75, 3.05) is 38.3 Å². The van der Waals surface area contributed by atoms with E-state index in [9.17, 15) is 4.39 Å². The summed E-state index contributed by atoms with van der Waals surface area (Å²) in [6.07, 6.45) is 1.22. The highest BCUT2D eigenvalue weighted by atomic mass is 19.1. The van der Waals surface area contributed by atoms with Crippen molar-refractivity contribution in [1.29, 1.82) is 0 Å². The highest BCUT2D eigenvalue weighted by Crippen LogP contribution is 2.24. The number of hydrogen-bond donors (Lipinski definition) is 1. The fourth-order valence-corrected chi connectivity index (χ4v) is 2.86. The third-order valence-corrected chi connectivity index (χ3v) is 3.80. The number of halogens is 1. The van der Waals surface area contributed by atoms with Crippen molar-refractivity contribution in [2.45, 2.75) is 39.0 Å². The van der Waals surface area contributed by atoms with Crippen molar-refractivity contribution < 1.29 is 13.9 Å². The molecule has 5 heteroatoms. The molecule has 1 heterocycles. The van der Waals surface area contributed by atoms with Gasteiger partial charge in [-0.2, -0.15) is 0 Å². The Morgan fingerprint density at radius 2 is 2.05 bits per heavy atom. The minimum atomic E-state index is -0.163. The molecule has 4 nitrogen and oxygen atoms in total. The lowest BCUT2D eigenvalue weighted by molar-refractivity contribution is -0.00539. The normalized spacial score (nSPS) is 22.1.